The first-order valence-electron chi connectivity index (χ1n) is 7.09. The van der Waals surface area contributed by atoms with Crippen molar-refractivity contribution in [1.82, 2.24) is 5.32 Å². The Morgan fingerprint density at radius 3 is 2.44 bits per heavy atom. The Kier molecular flexibility index (Phi) is 11.1. The van der Waals surface area contributed by atoms with Crippen molar-refractivity contribution in [3.05, 3.63) is 0 Å². The highest BCUT2D eigenvalue weighted by Gasteiger charge is 2.17. The summed E-state index contributed by atoms with van der Waals surface area (Å²) in [4.78, 5) is 11.6. The molecule has 0 amide bonds. The van der Waals surface area contributed by atoms with E-state index in [1.807, 2.05) is 6.92 Å². The Balaban J connectivity index is 3.66. The Hall–Kier alpha value is -0.610. The summed E-state index contributed by atoms with van der Waals surface area (Å²) in [6.07, 6.45) is 2.85. The van der Waals surface area contributed by atoms with E-state index < -0.39 is 0 Å². The third-order valence-corrected chi connectivity index (χ3v) is 2.63. The molecule has 4 heteroatoms. The predicted molar refractivity (Wildman–Crippen MR) is 73.6 cm³/mol. The highest BCUT2D eigenvalue weighted by molar-refractivity contribution is 5.75. The molecule has 0 heterocycles. The molecular formula is C14H29NO3. The minimum atomic E-state index is -0.191. The van der Waals surface area contributed by atoms with Crippen LogP contribution in [0.3, 0.4) is 0 Å². The second-order valence-electron chi connectivity index (χ2n) is 4.84. The molecule has 0 fully saturated rings. The lowest BCUT2D eigenvalue weighted by Crippen LogP contribution is -2.39. The maximum Gasteiger partial charge on any atom is 0.323 e. The Bertz CT molecular complexity index is 207. The first-order valence-corrected chi connectivity index (χ1v) is 7.09. The molecule has 0 spiro atoms. The van der Waals surface area contributed by atoms with Gasteiger partial charge in [-0.25, -0.2) is 0 Å². The van der Waals surface area contributed by atoms with Crippen LogP contribution >= 0.6 is 0 Å². The highest BCUT2D eigenvalue weighted by Crippen LogP contribution is 2.00. The Morgan fingerprint density at radius 2 is 1.89 bits per heavy atom. The van der Waals surface area contributed by atoms with E-state index >= 15 is 0 Å². The first-order chi connectivity index (χ1) is 8.61. The van der Waals surface area contributed by atoms with Gasteiger partial charge >= 0.3 is 5.97 Å². The zero-order valence-electron chi connectivity index (χ0n) is 12.3. The molecule has 0 aliphatic carbocycles. The molecule has 0 aromatic heterocycles. The largest absolute Gasteiger partial charge is 0.465 e. The van der Waals surface area contributed by atoms with Gasteiger partial charge in [-0.05, 0) is 25.7 Å². The molecule has 0 aromatic carbocycles. The number of nitrogens with one attached hydrogen (secondary N) is 1. The van der Waals surface area contributed by atoms with Gasteiger partial charge in [-0.3, -0.25) is 4.79 Å². The summed E-state index contributed by atoms with van der Waals surface area (Å²) in [5, 5.41) is 3.19. The number of carbonyl (C=O) groups is 1. The van der Waals surface area contributed by atoms with E-state index in [9.17, 15) is 4.79 Å². The molecule has 0 bridgehead atoms. The average Bonchev–Trinajstić information content (AvgIpc) is 2.32. The molecule has 0 rings (SSSR count). The van der Waals surface area contributed by atoms with Gasteiger partial charge in [0.2, 0.25) is 0 Å². The van der Waals surface area contributed by atoms with Gasteiger partial charge in [-0.2, -0.15) is 0 Å². The summed E-state index contributed by atoms with van der Waals surface area (Å²) in [7, 11) is 0. The normalized spacial score (nSPS) is 12.7. The Morgan fingerprint density at radius 1 is 1.17 bits per heavy atom. The third-order valence-electron chi connectivity index (χ3n) is 2.63. The molecule has 0 aromatic rings. The van der Waals surface area contributed by atoms with Crippen LogP contribution in [0, 0.1) is 5.92 Å². The third kappa shape index (κ3) is 9.42. The smallest absolute Gasteiger partial charge is 0.323 e. The van der Waals surface area contributed by atoms with Crippen molar-refractivity contribution in [3.8, 4) is 0 Å². The van der Waals surface area contributed by atoms with Gasteiger partial charge in [0.1, 0.15) is 6.04 Å². The first kappa shape index (κ1) is 17.4. The summed E-state index contributed by atoms with van der Waals surface area (Å²) < 4.78 is 10.5. The summed E-state index contributed by atoms with van der Waals surface area (Å²) >= 11 is 0. The fourth-order valence-electron chi connectivity index (χ4n) is 1.56. The molecule has 1 N–H and O–H groups in total. The van der Waals surface area contributed by atoms with E-state index in [4.69, 9.17) is 9.47 Å². The van der Waals surface area contributed by atoms with Crippen molar-refractivity contribution in [1.29, 1.82) is 0 Å². The fourth-order valence-corrected chi connectivity index (χ4v) is 1.56. The standard InChI is InChI=1S/C14H29NO3/c1-5-7-13(14(16)18-6-2)15-9-11-17-10-8-12(3)4/h12-13,15H,5-11H2,1-4H3. The van der Waals surface area contributed by atoms with Crippen molar-refractivity contribution in [3.63, 3.8) is 0 Å². The molecule has 0 aliphatic rings. The SMILES string of the molecule is CCCC(NCCOCCC(C)C)C(=O)OCC. The summed E-state index contributed by atoms with van der Waals surface area (Å²) in [5.41, 5.74) is 0. The molecule has 0 aliphatic heterocycles. The van der Waals surface area contributed by atoms with Crippen LogP contribution < -0.4 is 5.32 Å². The molecule has 18 heavy (non-hydrogen) atoms. The second kappa shape index (κ2) is 11.5. The average molecular weight is 259 g/mol. The lowest BCUT2D eigenvalue weighted by molar-refractivity contribution is -0.145. The van der Waals surface area contributed by atoms with Crippen LogP contribution in [0.1, 0.15) is 47.0 Å². The van der Waals surface area contributed by atoms with E-state index in [0.717, 1.165) is 25.9 Å². The van der Waals surface area contributed by atoms with Crippen LogP contribution in [0.25, 0.3) is 0 Å². The van der Waals surface area contributed by atoms with E-state index in [1.165, 1.54) is 0 Å². The number of rotatable bonds is 11. The van der Waals surface area contributed by atoms with Gasteiger partial charge in [0, 0.05) is 13.2 Å². The summed E-state index contributed by atoms with van der Waals surface area (Å²) in [6, 6.07) is -0.191. The van der Waals surface area contributed by atoms with Crippen molar-refractivity contribution in [2.45, 2.75) is 53.0 Å². The quantitative estimate of drug-likeness (QED) is 0.457. The monoisotopic (exact) mass is 259 g/mol. The zero-order valence-corrected chi connectivity index (χ0v) is 12.3. The highest BCUT2D eigenvalue weighted by atomic mass is 16.5. The minimum Gasteiger partial charge on any atom is -0.465 e. The van der Waals surface area contributed by atoms with Gasteiger partial charge in [-0.1, -0.05) is 27.2 Å². The van der Waals surface area contributed by atoms with Crippen molar-refractivity contribution in [2.24, 2.45) is 5.92 Å². The molecule has 0 saturated carbocycles. The van der Waals surface area contributed by atoms with Crippen LogP contribution in [-0.2, 0) is 14.3 Å². The van der Waals surface area contributed by atoms with Gasteiger partial charge in [0.15, 0.2) is 0 Å². The molecule has 4 nitrogen and oxygen atoms in total. The van der Waals surface area contributed by atoms with Gasteiger partial charge in [-0.15, -0.1) is 0 Å². The van der Waals surface area contributed by atoms with Crippen LogP contribution in [0.15, 0.2) is 0 Å². The van der Waals surface area contributed by atoms with E-state index in [2.05, 4.69) is 26.1 Å². The molecule has 108 valence electrons. The van der Waals surface area contributed by atoms with Crippen LogP contribution in [-0.4, -0.2) is 38.4 Å². The number of carbonyl (C=O) groups excluding carboxylic acids is 1. The van der Waals surface area contributed by atoms with E-state index in [-0.39, 0.29) is 12.0 Å². The number of esters is 1. The number of hydrogen-bond donors (Lipinski definition) is 1. The van der Waals surface area contributed by atoms with E-state index in [1.54, 1.807) is 0 Å². The lowest BCUT2D eigenvalue weighted by Gasteiger charge is -2.16. The summed E-state index contributed by atoms with van der Waals surface area (Å²) in [6.45, 7) is 10.8. The van der Waals surface area contributed by atoms with Crippen molar-refractivity contribution in [2.75, 3.05) is 26.4 Å². The molecule has 0 saturated heterocycles. The predicted octanol–water partition coefficient (Wildman–Crippen LogP) is 2.37. The van der Waals surface area contributed by atoms with Crippen LogP contribution in [0.5, 0.6) is 0 Å². The zero-order chi connectivity index (χ0) is 13.8. The molecule has 0 radical (unpaired) electrons. The molecule has 1 atom stereocenters. The maximum absolute atomic E-state index is 11.6. The summed E-state index contributed by atoms with van der Waals surface area (Å²) in [5.74, 6) is 0.520. The fraction of sp³-hybridized carbons (Fsp3) is 0.929. The van der Waals surface area contributed by atoms with Crippen molar-refractivity contribution >= 4 is 5.97 Å². The topological polar surface area (TPSA) is 47.6 Å². The second-order valence-corrected chi connectivity index (χ2v) is 4.84. The van der Waals surface area contributed by atoms with E-state index in [0.29, 0.717) is 25.7 Å². The molecular weight excluding hydrogens is 230 g/mol. The minimum absolute atomic E-state index is 0.151. The van der Waals surface area contributed by atoms with Crippen LogP contribution in [0.2, 0.25) is 0 Å². The van der Waals surface area contributed by atoms with Crippen molar-refractivity contribution < 1.29 is 14.3 Å². The number of hydrogen-bond acceptors (Lipinski definition) is 4. The van der Waals surface area contributed by atoms with Crippen LogP contribution in [0.4, 0.5) is 0 Å². The lowest BCUT2D eigenvalue weighted by atomic mass is 10.1. The number of ether oxygens (including phenoxy) is 2. The van der Waals surface area contributed by atoms with Gasteiger partial charge in [0.05, 0.1) is 13.2 Å². The van der Waals surface area contributed by atoms with Gasteiger partial charge < -0.3 is 14.8 Å². The Labute approximate surface area is 111 Å². The molecule has 1 unspecified atom stereocenters. The maximum atomic E-state index is 11.6. The van der Waals surface area contributed by atoms with Gasteiger partial charge in [0.25, 0.3) is 0 Å².